The zero-order valence-electron chi connectivity index (χ0n) is 13.4. The van der Waals surface area contributed by atoms with Gasteiger partial charge in [0.05, 0.1) is 6.54 Å². The van der Waals surface area contributed by atoms with Gasteiger partial charge in [-0.25, -0.2) is 9.78 Å². The molecule has 1 amide bonds. The van der Waals surface area contributed by atoms with Gasteiger partial charge in [0.25, 0.3) is 0 Å². The van der Waals surface area contributed by atoms with Gasteiger partial charge in [-0.05, 0) is 6.07 Å². The third-order valence-corrected chi connectivity index (χ3v) is 3.27. The van der Waals surface area contributed by atoms with Crippen molar-refractivity contribution in [3.63, 3.8) is 0 Å². The van der Waals surface area contributed by atoms with Crippen LogP contribution in [-0.2, 0) is 16.1 Å². The zero-order chi connectivity index (χ0) is 16.8. The van der Waals surface area contributed by atoms with Crippen LogP contribution in [-0.4, -0.2) is 45.8 Å². The fourth-order valence-corrected chi connectivity index (χ4v) is 1.79. The molecule has 0 unspecified atom stereocenters. The molecule has 7 nitrogen and oxygen atoms in total. The summed E-state index contributed by atoms with van der Waals surface area (Å²) in [6.07, 6.45) is 3.11. The molecule has 1 heterocycles. The number of nitrogens with two attached hydrogens (primary N) is 1. The normalized spacial score (nSPS) is 11.3. The molecule has 122 valence electrons. The molecule has 0 fully saturated rings. The molecule has 0 bridgehead atoms. The molecule has 0 saturated carbocycles. The molecule has 0 aromatic carbocycles. The number of hydrogen-bond acceptors (Lipinski definition) is 5. The van der Waals surface area contributed by atoms with E-state index in [1.54, 1.807) is 12.3 Å². The van der Waals surface area contributed by atoms with Gasteiger partial charge in [0.2, 0.25) is 5.91 Å². The molecule has 2 N–H and O–H groups in total. The molecule has 0 radical (unpaired) electrons. The fourth-order valence-electron chi connectivity index (χ4n) is 1.79. The van der Waals surface area contributed by atoms with E-state index in [0.29, 0.717) is 6.54 Å². The van der Waals surface area contributed by atoms with Gasteiger partial charge in [-0.15, -0.1) is 0 Å². The second kappa shape index (κ2) is 7.84. The zero-order valence-corrected chi connectivity index (χ0v) is 13.4. The van der Waals surface area contributed by atoms with Crippen LogP contribution in [0.15, 0.2) is 23.3 Å². The third kappa shape index (κ3) is 5.40. The number of Topliss-reactive ketones (excluding diaryl/α,β-unsaturated/α-hetero) is 1. The topological polar surface area (TPSA) is 98.3 Å². The molecule has 22 heavy (non-hydrogen) atoms. The van der Waals surface area contributed by atoms with Crippen LogP contribution in [0, 0.1) is 5.41 Å². The number of carbonyl (C=O) groups is 2. The van der Waals surface area contributed by atoms with E-state index < -0.39 is 11.1 Å². The number of rotatable bonds is 7. The lowest BCUT2D eigenvalue weighted by Gasteiger charge is -2.25. The predicted molar refractivity (Wildman–Crippen MR) is 83.2 cm³/mol. The second-order valence-electron chi connectivity index (χ2n) is 6.12. The Morgan fingerprint density at radius 2 is 2.05 bits per heavy atom. The Hall–Kier alpha value is -2.02. The van der Waals surface area contributed by atoms with Crippen LogP contribution in [0.5, 0.6) is 0 Å². The van der Waals surface area contributed by atoms with Crippen LogP contribution in [0.25, 0.3) is 0 Å². The molecule has 0 aliphatic heterocycles. The first-order valence-corrected chi connectivity index (χ1v) is 7.28. The van der Waals surface area contributed by atoms with Crippen molar-refractivity contribution in [3.8, 4) is 0 Å². The maximum atomic E-state index is 12.3. The Morgan fingerprint density at radius 3 is 2.59 bits per heavy atom. The second-order valence-corrected chi connectivity index (χ2v) is 6.12. The average Bonchev–Trinajstić information content (AvgIpc) is 2.44. The minimum absolute atomic E-state index is 0.0205. The Kier molecular flexibility index (Phi) is 6.42. The SMILES string of the molecule is CC(C)(C)C(=O)CN(CCN)C(=O)CCn1cccnc1=O. The van der Waals surface area contributed by atoms with E-state index in [1.807, 2.05) is 20.8 Å². The lowest BCUT2D eigenvalue weighted by Crippen LogP contribution is -2.42. The summed E-state index contributed by atoms with van der Waals surface area (Å²) in [5, 5.41) is 0. The lowest BCUT2D eigenvalue weighted by molar-refractivity contribution is -0.138. The third-order valence-electron chi connectivity index (χ3n) is 3.27. The van der Waals surface area contributed by atoms with E-state index in [0.717, 1.165) is 0 Å². The summed E-state index contributed by atoms with van der Waals surface area (Å²) in [5.41, 5.74) is 4.61. The summed E-state index contributed by atoms with van der Waals surface area (Å²) < 4.78 is 1.37. The van der Waals surface area contributed by atoms with Gasteiger partial charge in [0, 0.05) is 43.9 Å². The largest absolute Gasteiger partial charge is 0.347 e. The summed E-state index contributed by atoms with van der Waals surface area (Å²) in [6.45, 7) is 6.33. The van der Waals surface area contributed by atoms with Crippen LogP contribution in [0.3, 0.4) is 0 Å². The standard InChI is InChI=1S/C15H24N4O3/c1-15(2,3)12(20)11-19(10-6-16)13(21)5-9-18-8-4-7-17-14(18)22/h4,7-8H,5-6,9-11,16H2,1-3H3. The van der Waals surface area contributed by atoms with Gasteiger partial charge in [0.15, 0.2) is 5.78 Å². The fraction of sp³-hybridized carbons (Fsp3) is 0.600. The van der Waals surface area contributed by atoms with Crippen molar-refractivity contribution < 1.29 is 9.59 Å². The van der Waals surface area contributed by atoms with Crippen molar-refractivity contribution in [2.24, 2.45) is 11.1 Å². The monoisotopic (exact) mass is 308 g/mol. The predicted octanol–water partition coefficient (Wildman–Crippen LogP) is 0.0359. The van der Waals surface area contributed by atoms with E-state index in [-0.39, 0.29) is 37.7 Å². The van der Waals surface area contributed by atoms with Gasteiger partial charge in [0.1, 0.15) is 0 Å². The Balaban J connectivity index is 2.67. The highest BCUT2D eigenvalue weighted by molar-refractivity contribution is 5.89. The van der Waals surface area contributed by atoms with Crippen LogP contribution in [0.1, 0.15) is 27.2 Å². The van der Waals surface area contributed by atoms with Crippen molar-refractivity contribution in [1.29, 1.82) is 0 Å². The maximum absolute atomic E-state index is 12.3. The van der Waals surface area contributed by atoms with Crippen LogP contribution < -0.4 is 11.4 Å². The lowest BCUT2D eigenvalue weighted by atomic mass is 9.90. The first-order chi connectivity index (χ1) is 10.3. The van der Waals surface area contributed by atoms with Crippen molar-refractivity contribution in [3.05, 3.63) is 28.9 Å². The first kappa shape index (κ1) is 18.0. The summed E-state index contributed by atoms with van der Waals surface area (Å²) in [7, 11) is 0. The number of aryl methyl sites for hydroxylation is 1. The molecule has 0 aliphatic rings. The summed E-state index contributed by atoms with van der Waals surface area (Å²) in [4.78, 5) is 40.9. The Bertz CT molecular complexity index is 575. The molecule has 0 aliphatic carbocycles. The Morgan fingerprint density at radius 1 is 1.36 bits per heavy atom. The number of nitrogens with zero attached hydrogens (tertiary/aromatic N) is 3. The van der Waals surface area contributed by atoms with Gasteiger partial charge in [-0.1, -0.05) is 20.8 Å². The highest BCUT2D eigenvalue weighted by atomic mass is 16.2. The average molecular weight is 308 g/mol. The van der Waals surface area contributed by atoms with E-state index >= 15 is 0 Å². The summed E-state index contributed by atoms with van der Waals surface area (Å²) >= 11 is 0. The Labute approximate surface area is 130 Å². The maximum Gasteiger partial charge on any atom is 0.347 e. The minimum Gasteiger partial charge on any atom is -0.334 e. The molecule has 1 rings (SSSR count). The molecule has 0 spiro atoms. The molecular formula is C15H24N4O3. The highest BCUT2D eigenvalue weighted by Crippen LogP contribution is 2.15. The number of amides is 1. The van der Waals surface area contributed by atoms with Crippen molar-refractivity contribution in [2.45, 2.75) is 33.7 Å². The molecule has 1 aromatic rings. The van der Waals surface area contributed by atoms with Crippen LogP contribution >= 0.6 is 0 Å². The first-order valence-electron chi connectivity index (χ1n) is 7.28. The highest BCUT2D eigenvalue weighted by Gasteiger charge is 2.25. The van der Waals surface area contributed by atoms with Gasteiger partial charge >= 0.3 is 5.69 Å². The van der Waals surface area contributed by atoms with Crippen molar-refractivity contribution >= 4 is 11.7 Å². The quantitative estimate of drug-likeness (QED) is 0.766. The van der Waals surface area contributed by atoms with Crippen LogP contribution in [0.4, 0.5) is 0 Å². The van der Waals surface area contributed by atoms with E-state index in [1.165, 1.54) is 15.7 Å². The molecule has 0 atom stereocenters. The van der Waals surface area contributed by atoms with E-state index in [9.17, 15) is 14.4 Å². The van der Waals surface area contributed by atoms with Crippen molar-refractivity contribution in [2.75, 3.05) is 19.6 Å². The van der Waals surface area contributed by atoms with Crippen molar-refractivity contribution in [1.82, 2.24) is 14.5 Å². The van der Waals surface area contributed by atoms with Gasteiger partial charge in [-0.2, -0.15) is 0 Å². The molecule has 7 heteroatoms. The molecule has 1 aromatic heterocycles. The number of carbonyl (C=O) groups excluding carboxylic acids is 2. The van der Waals surface area contributed by atoms with E-state index in [2.05, 4.69) is 4.98 Å². The van der Waals surface area contributed by atoms with Crippen LogP contribution in [0.2, 0.25) is 0 Å². The minimum atomic E-state index is -0.507. The number of ketones is 1. The molecule has 0 saturated heterocycles. The van der Waals surface area contributed by atoms with Gasteiger partial charge < -0.3 is 10.6 Å². The van der Waals surface area contributed by atoms with E-state index in [4.69, 9.17) is 5.73 Å². The molecular weight excluding hydrogens is 284 g/mol. The smallest absolute Gasteiger partial charge is 0.334 e. The van der Waals surface area contributed by atoms with Gasteiger partial charge in [-0.3, -0.25) is 14.2 Å². The summed E-state index contributed by atoms with van der Waals surface area (Å²) in [5.74, 6) is -0.216. The number of hydrogen-bond donors (Lipinski definition) is 1. The summed E-state index contributed by atoms with van der Waals surface area (Å²) in [6, 6.07) is 1.63. The number of aromatic nitrogens is 2.